The quantitative estimate of drug-likeness (QED) is 0.0146. The zero-order valence-corrected chi connectivity index (χ0v) is 82.9. The first-order valence-electron chi connectivity index (χ1n) is 51.8. The van der Waals surface area contributed by atoms with Gasteiger partial charge in [0.1, 0.15) is 25.4 Å². The van der Waals surface area contributed by atoms with Crippen molar-refractivity contribution in [2.45, 2.75) is 476 Å². The van der Waals surface area contributed by atoms with Gasteiger partial charge in [-0.3, -0.25) is 32.5 Å². The van der Waals surface area contributed by atoms with Gasteiger partial charge in [0, 0.05) is 19.3 Å². The smallest absolute Gasteiger partial charge is 0.463 e. The summed E-state index contributed by atoms with van der Waals surface area (Å²) in [7, 11) is -9.82. The van der Waals surface area contributed by atoms with Gasteiger partial charge in [-0.2, -0.15) is 0 Å². The van der Waals surface area contributed by atoms with Crippen molar-refractivity contribution in [3.63, 3.8) is 0 Å². The van der Waals surface area contributed by atoms with Crippen LogP contribution in [0.15, 0.2) is 158 Å². The van der Waals surface area contributed by atoms with Crippen LogP contribution in [0.25, 0.3) is 0 Å². The first-order chi connectivity index (χ1) is 62.2. The van der Waals surface area contributed by atoms with Gasteiger partial charge in [0.25, 0.3) is 0 Å². The topological polar surface area (TPSA) is 231 Å². The summed E-state index contributed by atoms with van der Waals surface area (Å²) in [5.74, 6) is -1.57. The van der Waals surface area contributed by atoms with E-state index in [1.807, 2.05) is 0 Å². The van der Waals surface area contributed by atoms with Crippen LogP contribution in [0.1, 0.15) is 457 Å². The zero-order chi connectivity index (χ0) is 92.1. The van der Waals surface area contributed by atoms with Gasteiger partial charge in [-0.15, -0.1) is 0 Å². The Bertz CT molecular complexity index is 2940. The molecule has 0 spiro atoms. The summed E-state index contributed by atoms with van der Waals surface area (Å²) in [6, 6.07) is 0. The lowest BCUT2D eigenvalue weighted by Crippen LogP contribution is -2.30. The zero-order valence-electron chi connectivity index (χ0n) is 81.2. The lowest BCUT2D eigenvalue weighted by Gasteiger charge is -2.21. The number of phosphoric acid groups is 2. The van der Waals surface area contributed by atoms with Gasteiger partial charge in [0.15, 0.2) is 6.10 Å². The third-order valence-corrected chi connectivity index (χ3v) is 24.1. The van der Waals surface area contributed by atoms with Crippen molar-refractivity contribution < 1.29 is 75.8 Å². The molecule has 0 aliphatic carbocycles. The average Bonchev–Trinajstić information content (AvgIpc) is 0.900. The number of rotatable bonds is 98. The summed E-state index contributed by atoms with van der Waals surface area (Å²) < 4.78 is 61.7. The minimum Gasteiger partial charge on any atom is -0.463 e. The molecule has 127 heavy (non-hydrogen) atoms. The monoisotopic (exact) mass is 1820 g/mol. The SMILES string of the molecule is CC/C=C\C/C=C\C/C=C\C/C=C\C/C=C\CCCCCCCCCCCCCCCCCCCC(=O)OCC(COP(=O)(O)OCC(O)COP(=O)(O)OCC(O)COC(=O)CCCCCCCCCCCCCCCCCCCCC/C=C\C/C=C\C/C=C\C/C=C\CCCCC)OC(=O)CCCCCCCCC/C=C\C/C=C\C/C=C\C/C=C\CCCCC. The van der Waals surface area contributed by atoms with E-state index in [-0.39, 0.29) is 19.3 Å². The molecule has 0 rings (SSSR count). The first kappa shape index (κ1) is 122. The lowest BCUT2D eigenvalue weighted by atomic mass is 10.0. The van der Waals surface area contributed by atoms with E-state index in [0.717, 1.165) is 154 Å². The fraction of sp³-hybridized carbons (Fsp3) is 0.734. The Kier molecular flexibility index (Phi) is 96.4. The highest BCUT2D eigenvalue weighted by Crippen LogP contribution is 2.45. The van der Waals surface area contributed by atoms with Crippen molar-refractivity contribution in [2.24, 2.45) is 0 Å². The first-order valence-corrected chi connectivity index (χ1v) is 54.8. The molecule has 5 atom stereocenters. The van der Waals surface area contributed by atoms with E-state index in [9.17, 15) is 43.5 Å². The standard InChI is InChI=1S/C109H190O16P2/c1-4-7-10-13-16-19-22-25-28-31-34-37-40-42-44-46-48-50-51-53-55-56-58-60-63-65-68-71-74-77-80-83-86-89-92-95-107(112)119-98-104(110)99-121-126(115,116)122-100-105(111)101-123-127(117,118)124-103-106(125-109(114)97-94-91-88-85-82-79-76-73-70-67-62-39-36-33-30-27-24-21-18-15-12-9-6-3)102-120-108(113)96-93-90-87-84-81-78-75-72-69-66-64-61-59-57-54-52-49-47-45-43-41-38-35-32-29-26-23-20-17-14-11-8-5-2/h8,11,16-21,25-30,34-39,42-45,67,70,104-106,110-111H,4-7,9-10,12-15,22-24,31-33,40-41,46-66,68-69,71-103H2,1-3H3,(H,115,116)(H,117,118)/b11-8-,19-16-,20-17-,21-18-,28-25-,29-26-,30-27-,37-34-,38-35-,39-36-,44-42-,45-43-,70-67-. The molecule has 0 amide bonds. The van der Waals surface area contributed by atoms with Crippen LogP contribution >= 0.6 is 15.6 Å². The Morgan fingerprint density at radius 3 is 0.661 bits per heavy atom. The van der Waals surface area contributed by atoms with Crippen molar-refractivity contribution in [3.05, 3.63) is 158 Å². The van der Waals surface area contributed by atoms with Gasteiger partial charge in [0.05, 0.1) is 26.4 Å². The van der Waals surface area contributed by atoms with Crippen molar-refractivity contribution in [1.82, 2.24) is 0 Å². The van der Waals surface area contributed by atoms with Crippen LogP contribution in [0.3, 0.4) is 0 Å². The summed E-state index contributed by atoms with van der Waals surface area (Å²) in [5.41, 5.74) is 0. The van der Waals surface area contributed by atoms with Crippen LogP contribution in [-0.4, -0.2) is 95.9 Å². The molecule has 0 aliphatic rings. The van der Waals surface area contributed by atoms with E-state index in [4.69, 9.17) is 32.3 Å². The van der Waals surface area contributed by atoms with E-state index in [0.29, 0.717) is 19.3 Å². The number of ether oxygens (including phenoxy) is 3. The molecule has 0 radical (unpaired) electrons. The molecule has 0 aromatic rings. The highest BCUT2D eigenvalue weighted by atomic mass is 31.2. The number of phosphoric ester groups is 2. The maximum absolute atomic E-state index is 13.1. The Labute approximate surface area is 778 Å². The number of hydrogen-bond acceptors (Lipinski definition) is 14. The molecule has 0 saturated heterocycles. The molecule has 0 heterocycles. The van der Waals surface area contributed by atoms with E-state index >= 15 is 0 Å². The normalized spacial score (nSPS) is 14.3. The highest BCUT2D eigenvalue weighted by Gasteiger charge is 2.30. The average molecular weight is 1820 g/mol. The van der Waals surface area contributed by atoms with Crippen LogP contribution in [-0.2, 0) is 55.8 Å². The minimum atomic E-state index is -4.95. The molecule has 0 aromatic carbocycles. The third-order valence-electron chi connectivity index (χ3n) is 22.2. The number of allylic oxidation sites excluding steroid dienone is 26. The van der Waals surface area contributed by atoms with E-state index in [1.165, 1.54) is 244 Å². The van der Waals surface area contributed by atoms with Gasteiger partial charge in [0.2, 0.25) is 0 Å². The maximum atomic E-state index is 13.1. The van der Waals surface area contributed by atoms with Crippen LogP contribution in [0.4, 0.5) is 0 Å². The van der Waals surface area contributed by atoms with Crippen LogP contribution in [0.2, 0.25) is 0 Å². The molecule has 0 aromatic heterocycles. The van der Waals surface area contributed by atoms with E-state index in [1.54, 1.807) is 0 Å². The molecule has 4 N–H and O–H groups in total. The molecule has 732 valence electrons. The fourth-order valence-electron chi connectivity index (χ4n) is 14.4. The predicted octanol–water partition coefficient (Wildman–Crippen LogP) is 32.8. The molecule has 16 nitrogen and oxygen atoms in total. The van der Waals surface area contributed by atoms with Crippen LogP contribution < -0.4 is 0 Å². The minimum absolute atomic E-state index is 0.0910. The number of aliphatic hydroxyl groups excluding tert-OH is 2. The van der Waals surface area contributed by atoms with Gasteiger partial charge >= 0.3 is 33.6 Å². The Morgan fingerprint density at radius 1 is 0.228 bits per heavy atom. The number of carbonyl (C=O) groups excluding carboxylic acids is 3. The largest absolute Gasteiger partial charge is 0.472 e. The van der Waals surface area contributed by atoms with Crippen molar-refractivity contribution in [2.75, 3.05) is 39.6 Å². The summed E-state index contributed by atoms with van der Waals surface area (Å²) in [6.07, 6.45) is 130. The predicted molar refractivity (Wildman–Crippen MR) is 537 cm³/mol. The lowest BCUT2D eigenvalue weighted by molar-refractivity contribution is -0.161. The molecule has 18 heteroatoms. The summed E-state index contributed by atoms with van der Waals surface area (Å²) in [4.78, 5) is 59.2. The Morgan fingerprint density at radius 2 is 0.417 bits per heavy atom. The van der Waals surface area contributed by atoms with Crippen molar-refractivity contribution in [3.8, 4) is 0 Å². The molecule has 0 saturated carbocycles. The van der Waals surface area contributed by atoms with Crippen LogP contribution in [0.5, 0.6) is 0 Å². The Hall–Kier alpha value is -4.83. The fourth-order valence-corrected chi connectivity index (χ4v) is 16.0. The molecular weight excluding hydrogens is 1630 g/mol. The number of hydrogen-bond donors (Lipinski definition) is 4. The number of carbonyl (C=O) groups is 3. The van der Waals surface area contributed by atoms with E-state index in [2.05, 4.69) is 179 Å². The Balaban J connectivity index is 4.54. The number of esters is 3. The van der Waals surface area contributed by atoms with Gasteiger partial charge < -0.3 is 34.2 Å². The molecule has 5 unspecified atom stereocenters. The second-order valence-electron chi connectivity index (χ2n) is 34.6. The van der Waals surface area contributed by atoms with Gasteiger partial charge in [-0.1, -0.05) is 442 Å². The van der Waals surface area contributed by atoms with Gasteiger partial charge in [-0.05, 0) is 154 Å². The van der Waals surface area contributed by atoms with E-state index < -0.39 is 91.5 Å². The second-order valence-corrected chi connectivity index (χ2v) is 37.5. The summed E-state index contributed by atoms with van der Waals surface area (Å²) in [6.45, 7) is 2.58. The summed E-state index contributed by atoms with van der Waals surface area (Å²) in [5, 5.41) is 20.8. The van der Waals surface area contributed by atoms with Crippen molar-refractivity contribution in [1.29, 1.82) is 0 Å². The molecule has 0 aliphatic heterocycles. The number of aliphatic hydroxyl groups is 2. The number of unbranched alkanes of at least 4 members (excludes halogenated alkanes) is 49. The maximum Gasteiger partial charge on any atom is 0.472 e. The van der Waals surface area contributed by atoms with Gasteiger partial charge in [-0.25, -0.2) is 9.13 Å². The second kappa shape index (κ2) is 100. The van der Waals surface area contributed by atoms with Crippen molar-refractivity contribution >= 4 is 33.6 Å². The molecule has 0 fully saturated rings. The third kappa shape index (κ3) is 102. The molecular formula is C109H190O16P2. The molecule has 0 bridgehead atoms. The van der Waals surface area contributed by atoms with Crippen LogP contribution in [0, 0.1) is 0 Å². The summed E-state index contributed by atoms with van der Waals surface area (Å²) >= 11 is 0. The highest BCUT2D eigenvalue weighted by molar-refractivity contribution is 7.47.